The maximum absolute atomic E-state index is 12.7. The molecule has 1 aliphatic heterocycles. The van der Waals surface area contributed by atoms with Gasteiger partial charge >= 0.3 is 5.97 Å². The Labute approximate surface area is 209 Å². The summed E-state index contributed by atoms with van der Waals surface area (Å²) < 4.78 is 1.84. The average molecular weight is 490 g/mol. The fourth-order valence-electron chi connectivity index (χ4n) is 4.74. The summed E-state index contributed by atoms with van der Waals surface area (Å²) in [5.41, 5.74) is 3.42. The predicted octanol–water partition coefficient (Wildman–Crippen LogP) is 2.81. The molecule has 1 aliphatic carbocycles. The summed E-state index contributed by atoms with van der Waals surface area (Å²) in [4.78, 5) is 43.2. The fraction of sp³-hybridized carbons (Fsp3) is 0.407. The molecule has 9 nitrogen and oxygen atoms in total. The molecule has 5 rings (SSSR count). The number of amides is 2. The molecule has 2 aromatic heterocycles. The molecular formula is C27H31N5O4. The van der Waals surface area contributed by atoms with Crippen molar-refractivity contribution in [3.8, 4) is 11.3 Å². The van der Waals surface area contributed by atoms with E-state index in [1.54, 1.807) is 18.3 Å². The van der Waals surface area contributed by atoms with Gasteiger partial charge < -0.3 is 25.0 Å². The molecule has 2 amide bonds. The summed E-state index contributed by atoms with van der Waals surface area (Å²) in [6.07, 6.45) is 8.20. The maximum Gasteiger partial charge on any atom is 0.306 e. The third kappa shape index (κ3) is 5.41. The van der Waals surface area contributed by atoms with E-state index >= 15 is 0 Å². The van der Waals surface area contributed by atoms with Crippen LogP contribution in [0.4, 0.5) is 0 Å². The quantitative estimate of drug-likeness (QED) is 0.448. The van der Waals surface area contributed by atoms with E-state index in [-0.39, 0.29) is 23.8 Å². The molecule has 3 heterocycles. The predicted molar refractivity (Wildman–Crippen MR) is 135 cm³/mol. The van der Waals surface area contributed by atoms with Crippen LogP contribution in [0.2, 0.25) is 0 Å². The lowest BCUT2D eigenvalue weighted by atomic mass is 9.93. The van der Waals surface area contributed by atoms with Crippen LogP contribution >= 0.6 is 0 Å². The Morgan fingerprint density at radius 3 is 2.50 bits per heavy atom. The van der Waals surface area contributed by atoms with Crippen LogP contribution in [0.1, 0.15) is 52.8 Å². The number of aliphatic carboxylic acids is 1. The first-order chi connectivity index (χ1) is 17.5. The normalized spacial score (nSPS) is 17.0. The Morgan fingerprint density at radius 1 is 0.972 bits per heavy atom. The molecule has 1 saturated heterocycles. The van der Waals surface area contributed by atoms with Crippen molar-refractivity contribution in [2.45, 2.75) is 38.1 Å². The van der Waals surface area contributed by atoms with Crippen LogP contribution in [-0.2, 0) is 4.79 Å². The summed E-state index contributed by atoms with van der Waals surface area (Å²) in [6.45, 7) is 2.67. The Bertz CT molecular complexity index is 1270. The second-order valence-electron chi connectivity index (χ2n) is 9.70. The number of imidazole rings is 1. The Hall–Kier alpha value is -3.72. The molecule has 3 N–H and O–H groups in total. The number of carbonyl (C=O) groups excluding carboxylic acids is 2. The standard InChI is InChI=1S/C27H31N5O4/c33-25(28-11-14-31-12-9-18(10-13-31)27(35)36)20-4-1-3-19(15-20)23-17-32-16-21(7-8-24(32)30-23)26(34)29-22-5-2-6-22/h1,3-4,7-8,15-18,22H,2,5-6,9-14H2,(H,28,33)(H,29,34)(H,35,36). The number of piperidine rings is 1. The second kappa shape index (κ2) is 10.5. The number of nitrogens with zero attached hydrogens (tertiary/aromatic N) is 3. The molecule has 1 saturated carbocycles. The molecular weight excluding hydrogens is 458 g/mol. The zero-order valence-corrected chi connectivity index (χ0v) is 20.2. The van der Waals surface area contributed by atoms with Gasteiger partial charge in [-0.3, -0.25) is 14.4 Å². The first kappa shape index (κ1) is 24.0. The molecule has 1 aromatic carbocycles. The summed E-state index contributed by atoms with van der Waals surface area (Å²) >= 11 is 0. The van der Waals surface area contributed by atoms with Gasteiger partial charge in [-0.05, 0) is 69.5 Å². The van der Waals surface area contributed by atoms with Crippen LogP contribution in [-0.4, -0.2) is 69.4 Å². The first-order valence-electron chi connectivity index (χ1n) is 12.6. The molecule has 2 fully saturated rings. The number of carboxylic acids is 1. The highest BCUT2D eigenvalue weighted by molar-refractivity contribution is 5.95. The molecule has 0 radical (unpaired) electrons. The van der Waals surface area contributed by atoms with Crippen LogP contribution in [0.3, 0.4) is 0 Å². The van der Waals surface area contributed by atoms with E-state index in [1.807, 2.05) is 34.9 Å². The summed E-state index contributed by atoms with van der Waals surface area (Å²) in [6, 6.07) is 11.2. The fourth-order valence-corrected chi connectivity index (χ4v) is 4.74. The van der Waals surface area contributed by atoms with Crippen molar-refractivity contribution in [2.75, 3.05) is 26.2 Å². The second-order valence-corrected chi connectivity index (χ2v) is 9.70. The van der Waals surface area contributed by atoms with Crippen molar-refractivity contribution >= 4 is 23.4 Å². The summed E-state index contributed by atoms with van der Waals surface area (Å²) in [5.74, 6) is -1.20. The molecule has 188 valence electrons. The molecule has 36 heavy (non-hydrogen) atoms. The van der Waals surface area contributed by atoms with E-state index in [9.17, 15) is 14.4 Å². The number of carboxylic acid groups (broad SMARTS) is 1. The Balaban J connectivity index is 1.19. The number of likely N-dealkylation sites (tertiary alicyclic amines) is 1. The zero-order valence-electron chi connectivity index (χ0n) is 20.2. The van der Waals surface area contributed by atoms with E-state index < -0.39 is 5.97 Å². The average Bonchev–Trinajstić information content (AvgIpc) is 3.30. The van der Waals surface area contributed by atoms with E-state index in [0.717, 1.165) is 42.8 Å². The molecule has 3 aromatic rings. The van der Waals surface area contributed by atoms with E-state index in [2.05, 4.69) is 20.5 Å². The van der Waals surface area contributed by atoms with Gasteiger partial charge in [0.05, 0.1) is 17.2 Å². The van der Waals surface area contributed by atoms with Gasteiger partial charge in [-0.1, -0.05) is 12.1 Å². The van der Waals surface area contributed by atoms with Crippen molar-refractivity contribution in [2.24, 2.45) is 5.92 Å². The largest absolute Gasteiger partial charge is 0.481 e. The van der Waals surface area contributed by atoms with Gasteiger partial charge in [0.15, 0.2) is 0 Å². The van der Waals surface area contributed by atoms with Crippen molar-refractivity contribution in [3.05, 3.63) is 59.9 Å². The number of nitrogens with one attached hydrogen (secondary N) is 2. The lowest BCUT2D eigenvalue weighted by Crippen LogP contribution is -2.40. The van der Waals surface area contributed by atoms with E-state index in [4.69, 9.17) is 5.11 Å². The third-order valence-corrected chi connectivity index (χ3v) is 7.22. The van der Waals surface area contributed by atoms with Gasteiger partial charge in [-0.2, -0.15) is 0 Å². The van der Waals surface area contributed by atoms with Gasteiger partial charge in [0.2, 0.25) is 0 Å². The third-order valence-electron chi connectivity index (χ3n) is 7.22. The van der Waals surface area contributed by atoms with Crippen LogP contribution in [0.5, 0.6) is 0 Å². The van der Waals surface area contributed by atoms with Gasteiger partial charge in [-0.15, -0.1) is 0 Å². The van der Waals surface area contributed by atoms with Crippen molar-refractivity contribution in [3.63, 3.8) is 0 Å². The monoisotopic (exact) mass is 489 g/mol. The lowest BCUT2D eigenvalue weighted by molar-refractivity contribution is -0.143. The van der Waals surface area contributed by atoms with Crippen molar-refractivity contribution < 1.29 is 19.5 Å². The van der Waals surface area contributed by atoms with Crippen LogP contribution in [0.25, 0.3) is 16.9 Å². The van der Waals surface area contributed by atoms with Crippen LogP contribution in [0.15, 0.2) is 48.8 Å². The van der Waals surface area contributed by atoms with Gasteiger partial charge in [0.25, 0.3) is 11.8 Å². The number of fused-ring (bicyclic) bond motifs is 1. The Morgan fingerprint density at radius 2 is 1.78 bits per heavy atom. The minimum atomic E-state index is -0.719. The molecule has 0 bridgehead atoms. The van der Waals surface area contributed by atoms with Crippen molar-refractivity contribution in [1.29, 1.82) is 0 Å². The minimum absolute atomic E-state index is 0.0678. The van der Waals surface area contributed by atoms with Crippen LogP contribution in [0, 0.1) is 5.92 Å². The molecule has 0 atom stereocenters. The van der Waals surface area contributed by atoms with Crippen LogP contribution < -0.4 is 10.6 Å². The van der Waals surface area contributed by atoms with Crippen molar-refractivity contribution in [1.82, 2.24) is 24.9 Å². The SMILES string of the molecule is O=C(NCCN1CCC(C(=O)O)CC1)c1cccc(-c2cn3cc(C(=O)NC4CCC4)ccc3n2)c1. The molecule has 2 aliphatic rings. The number of carbonyl (C=O) groups is 3. The smallest absolute Gasteiger partial charge is 0.306 e. The number of hydrogen-bond donors (Lipinski definition) is 3. The number of aromatic nitrogens is 2. The van der Waals surface area contributed by atoms with E-state index in [1.165, 1.54) is 6.42 Å². The topological polar surface area (TPSA) is 116 Å². The van der Waals surface area contributed by atoms with Gasteiger partial charge in [-0.25, -0.2) is 4.98 Å². The highest BCUT2D eigenvalue weighted by Gasteiger charge is 2.24. The first-order valence-corrected chi connectivity index (χ1v) is 12.6. The molecule has 0 unspecified atom stereocenters. The number of benzene rings is 1. The Kier molecular flexibility index (Phi) is 6.99. The lowest BCUT2D eigenvalue weighted by Gasteiger charge is -2.29. The molecule has 0 spiro atoms. The maximum atomic E-state index is 12.7. The highest BCUT2D eigenvalue weighted by Crippen LogP contribution is 2.22. The highest BCUT2D eigenvalue weighted by atomic mass is 16.4. The number of hydrogen-bond acceptors (Lipinski definition) is 5. The number of rotatable bonds is 8. The zero-order chi connectivity index (χ0) is 25.1. The van der Waals surface area contributed by atoms with Gasteiger partial charge in [0.1, 0.15) is 5.65 Å². The summed E-state index contributed by atoms with van der Waals surface area (Å²) in [5, 5.41) is 15.1. The molecule has 9 heteroatoms. The van der Waals surface area contributed by atoms with Gasteiger partial charge in [0, 0.05) is 42.7 Å². The minimum Gasteiger partial charge on any atom is -0.481 e. The van der Waals surface area contributed by atoms with E-state index in [0.29, 0.717) is 37.1 Å². The summed E-state index contributed by atoms with van der Waals surface area (Å²) in [7, 11) is 0. The number of pyridine rings is 1.